The fraction of sp³-hybridized carbons (Fsp3) is 0.250. The number of nitrogens with one attached hydrogen (secondary N) is 1. The van der Waals surface area contributed by atoms with Crippen molar-refractivity contribution in [3.05, 3.63) is 59.1 Å². The average molecular weight is 551 g/mol. The summed E-state index contributed by atoms with van der Waals surface area (Å²) in [6, 6.07) is 9.72. The van der Waals surface area contributed by atoms with Crippen LogP contribution in [0.1, 0.15) is 18.9 Å². The summed E-state index contributed by atoms with van der Waals surface area (Å²) in [4.78, 5) is 12.5. The maximum atomic E-state index is 13.4. The predicted molar refractivity (Wildman–Crippen MR) is 127 cm³/mol. The zero-order chi connectivity index (χ0) is 24.9. The monoisotopic (exact) mass is 550 g/mol. The Hall–Kier alpha value is -2.35. The van der Waals surface area contributed by atoms with Crippen LogP contribution in [-0.4, -0.2) is 36.8 Å². The SMILES string of the molecule is CCCSc1nnc(NC(=O)CN(c2ccc(Cl)c(C(F)(F)F)c2)S(=O)(=O)c2ccccc2)s1. The van der Waals surface area contributed by atoms with E-state index in [0.717, 1.165) is 35.6 Å². The highest BCUT2D eigenvalue weighted by atomic mass is 35.5. The molecule has 1 amide bonds. The van der Waals surface area contributed by atoms with Gasteiger partial charge in [-0.2, -0.15) is 13.2 Å². The molecular weight excluding hydrogens is 533 g/mol. The first-order valence-corrected chi connectivity index (χ1v) is 13.3. The van der Waals surface area contributed by atoms with Gasteiger partial charge in [0.05, 0.1) is 21.2 Å². The van der Waals surface area contributed by atoms with Gasteiger partial charge >= 0.3 is 6.18 Å². The second-order valence-corrected chi connectivity index (χ2v) is 11.3. The lowest BCUT2D eigenvalue weighted by Crippen LogP contribution is -2.38. The molecule has 0 bridgehead atoms. The van der Waals surface area contributed by atoms with Gasteiger partial charge < -0.3 is 0 Å². The van der Waals surface area contributed by atoms with Gasteiger partial charge in [-0.15, -0.1) is 10.2 Å². The molecule has 0 radical (unpaired) electrons. The van der Waals surface area contributed by atoms with Crippen molar-refractivity contribution in [1.29, 1.82) is 0 Å². The molecule has 34 heavy (non-hydrogen) atoms. The second kappa shape index (κ2) is 10.9. The van der Waals surface area contributed by atoms with Gasteiger partial charge in [-0.3, -0.25) is 14.4 Å². The molecule has 7 nitrogen and oxygen atoms in total. The smallest absolute Gasteiger partial charge is 0.299 e. The highest BCUT2D eigenvalue weighted by Crippen LogP contribution is 2.38. The summed E-state index contributed by atoms with van der Waals surface area (Å²) in [5, 5.41) is 9.79. The molecule has 3 rings (SSSR count). The van der Waals surface area contributed by atoms with E-state index >= 15 is 0 Å². The van der Waals surface area contributed by atoms with E-state index in [1.165, 1.54) is 36.0 Å². The Morgan fingerprint density at radius 2 is 1.88 bits per heavy atom. The third-order valence-corrected chi connectivity index (χ3v) is 8.54. The Labute approximate surface area is 207 Å². The first-order chi connectivity index (χ1) is 16.0. The third-order valence-electron chi connectivity index (χ3n) is 4.24. The molecule has 0 atom stereocenters. The summed E-state index contributed by atoms with van der Waals surface area (Å²) in [5.74, 6) is 0.00950. The lowest BCUT2D eigenvalue weighted by atomic mass is 10.2. The van der Waals surface area contributed by atoms with Crippen LogP contribution in [0.3, 0.4) is 0 Å². The number of hydrogen-bond donors (Lipinski definition) is 1. The molecule has 1 heterocycles. The van der Waals surface area contributed by atoms with Crippen molar-refractivity contribution in [1.82, 2.24) is 10.2 Å². The number of carbonyl (C=O) groups is 1. The number of thioether (sulfide) groups is 1. The highest BCUT2D eigenvalue weighted by molar-refractivity contribution is 8.01. The van der Waals surface area contributed by atoms with E-state index in [4.69, 9.17) is 11.6 Å². The maximum absolute atomic E-state index is 13.4. The van der Waals surface area contributed by atoms with Crippen LogP contribution in [0.2, 0.25) is 5.02 Å². The molecule has 2 aromatic carbocycles. The number of carbonyl (C=O) groups excluding carboxylic acids is 1. The second-order valence-electron chi connectivity index (χ2n) is 6.76. The average Bonchev–Trinajstić information content (AvgIpc) is 3.23. The number of hydrogen-bond acceptors (Lipinski definition) is 7. The number of halogens is 4. The number of aromatic nitrogens is 2. The Morgan fingerprint density at radius 3 is 2.53 bits per heavy atom. The molecule has 1 N–H and O–H groups in total. The molecule has 182 valence electrons. The minimum Gasteiger partial charge on any atom is -0.299 e. The summed E-state index contributed by atoms with van der Waals surface area (Å²) in [5.41, 5.74) is -1.59. The Morgan fingerprint density at radius 1 is 1.18 bits per heavy atom. The topological polar surface area (TPSA) is 92.3 Å². The maximum Gasteiger partial charge on any atom is 0.417 e. The van der Waals surface area contributed by atoms with Crippen LogP contribution in [0.15, 0.2) is 57.8 Å². The molecule has 0 aliphatic carbocycles. The van der Waals surface area contributed by atoms with Crippen molar-refractivity contribution in [2.45, 2.75) is 28.8 Å². The standard InChI is InChI=1S/C20H18ClF3N4O3S3/c1-2-10-32-19-27-26-18(33-19)25-17(29)12-28(34(30,31)14-6-4-3-5-7-14)13-8-9-16(21)15(11-13)20(22,23)24/h3-9,11H,2,10,12H2,1H3,(H,25,26,29). The van der Waals surface area contributed by atoms with Crippen molar-refractivity contribution >= 4 is 61.4 Å². The van der Waals surface area contributed by atoms with Crippen molar-refractivity contribution in [3.8, 4) is 0 Å². The van der Waals surface area contributed by atoms with Crippen LogP contribution in [0.25, 0.3) is 0 Å². The molecule has 0 aliphatic rings. The Kier molecular flexibility index (Phi) is 8.44. The van der Waals surface area contributed by atoms with Crippen LogP contribution < -0.4 is 9.62 Å². The van der Waals surface area contributed by atoms with Gasteiger partial charge in [0.25, 0.3) is 10.0 Å². The van der Waals surface area contributed by atoms with Crippen LogP contribution in [-0.2, 0) is 21.0 Å². The van der Waals surface area contributed by atoms with Crippen molar-refractivity contribution < 1.29 is 26.4 Å². The molecular formula is C20H18ClF3N4O3S3. The summed E-state index contributed by atoms with van der Waals surface area (Å²) in [7, 11) is -4.40. The van der Waals surface area contributed by atoms with E-state index in [9.17, 15) is 26.4 Å². The number of alkyl halides is 3. The van der Waals surface area contributed by atoms with Crippen molar-refractivity contribution in [3.63, 3.8) is 0 Å². The van der Waals surface area contributed by atoms with Crippen LogP contribution >= 0.6 is 34.7 Å². The molecule has 0 saturated heterocycles. The quantitative estimate of drug-likeness (QED) is 0.277. The van der Waals surface area contributed by atoms with E-state index in [1.54, 1.807) is 6.07 Å². The highest BCUT2D eigenvalue weighted by Gasteiger charge is 2.35. The summed E-state index contributed by atoms with van der Waals surface area (Å²) >= 11 is 8.25. The molecule has 14 heteroatoms. The van der Waals surface area contributed by atoms with Gasteiger partial charge in [-0.05, 0) is 36.8 Å². The number of benzene rings is 2. The third kappa shape index (κ3) is 6.40. The Balaban J connectivity index is 1.95. The van der Waals surface area contributed by atoms with Gasteiger partial charge in [0.1, 0.15) is 6.54 Å². The van der Waals surface area contributed by atoms with Gasteiger partial charge in [0, 0.05) is 5.75 Å². The van der Waals surface area contributed by atoms with Gasteiger partial charge in [0.15, 0.2) is 4.34 Å². The van der Waals surface area contributed by atoms with E-state index in [-0.39, 0.29) is 15.7 Å². The van der Waals surface area contributed by atoms with E-state index in [2.05, 4.69) is 15.5 Å². The van der Waals surface area contributed by atoms with Gasteiger partial charge in [0.2, 0.25) is 11.0 Å². The summed E-state index contributed by atoms with van der Waals surface area (Å²) < 4.78 is 68.0. The molecule has 0 aliphatic heterocycles. The molecule has 0 fully saturated rings. The first-order valence-electron chi connectivity index (χ1n) is 9.73. The number of anilines is 2. The van der Waals surface area contributed by atoms with Crippen molar-refractivity contribution in [2.24, 2.45) is 0 Å². The molecule has 3 aromatic rings. The van der Waals surface area contributed by atoms with Crippen molar-refractivity contribution in [2.75, 3.05) is 21.9 Å². The number of nitrogens with zero attached hydrogens (tertiary/aromatic N) is 3. The van der Waals surface area contributed by atoms with Gasteiger partial charge in [-0.1, -0.05) is 59.8 Å². The van der Waals surface area contributed by atoms with Crippen LogP contribution in [0.5, 0.6) is 0 Å². The van der Waals surface area contributed by atoms with E-state index in [1.807, 2.05) is 6.92 Å². The molecule has 1 aromatic heterocycles. The van der Waals surface area contributed by atoms with Crippen LogP contribution in [0.4, 0.5) is 24.0 Å². The minimum absolute atomic E-state index is 0.146. The number of amides is 1. The summed E-state index contributed by atoms with van der Waals surface area (Å²) in [6.07, 6.45) is -3.91. The van der Waals surface area contributed by atoms with Crippen LogP contribution in [0, 0.1) is 0 Å². The van der Waals surface area contributed by atoms with Gasteiger partial charge in [-0.25, -0.2) is 8.42 Å². The zero-order valence-electron chi connectivity index (χ0n) is 17.5. The number of sulfonamides is 1. The van der Waals surface area contributed by atoms with E-state index in [0.29, 0.717) is 14.7 Å². The minimum atomic E-state index is -4.82. The molecule has 0 saturated carbocycles. The Bertz CT molecular complexity index is 1250. The van der Waals surface area contributed by atoms with E-state index < -0.39 is 39.2 Å². The fourth-order valence-corrected chi connectivity index (χ4v) is 6.07. The number of rotatable bonds is 9. The summed E-state index contributed by atoms with van der Waals surface area (Å²) in [6.45, 7) is 1.20. The normalized spacial score (nSPS) is 11.9. The fourth-order valence-electron chi connectivity index (χ4n) is 2.72. The lowest BCUT2D eigenvalue weighted by Gasteiger charge is -2.25. The molecule has 0 unspecified atom stereocenters. The largest absolute Gasteiger partial charge is 0.417 e. The molecule has 0 spiro atoms. The lowest BCUT2D eigenvalue weighted by molar-refractivity contribution is -0.137. The predicted octanol–water partition coefficient (Wildman–Crippen LogP) is 5.55. The zero-order valence-corrected chi connectivity index (χ0v) is 20.7. The first kappa shape index (κ1) is 26.3.